The van der Waals surface area contributed by atoms with Crippen LogP contribution in [0.4, 0.5) is 4.79 Å². The normalized spacial score (nSPS) is 24.8. The van der Waals surface area contributed by atoms with Crippen LogP contribution in [0.2, 0.25) is 0 Å². The third kappa shape index (κ3) is 2.26. The molecule has 1 aromatic rings. The first-order valence-corrected chi connectivity index (χ1v) is 5.65. The van der Waals surface area contributed by atoms with Gasteiger partial charge in [0.1, 0.15) is 5.60 Å². The maximum atomic E-state index is 11.6. The smallest absolute Gasteiger partial charge is 0.317 e. The van der Waals surface area contributed by atoms with Gasteiger partial charge in [-0.1, -0.05) is 0 Å². The van der Waals surface area contributed by atoms with Crippen molar-refractivity contribution in [1.82, 2.24) is 20.0 Å². The van der Waals surface area contributed by atoms with Crippen LogP contribution in [-0.2, 0) is 17.4 Å². The Morgan fingerprint density at radius 1 is 1.65 bits per heavy atom. The van der Waals surface area contributed by atoms with Crippen molar-refractivity contribution in [3.05, 3.63) is 18.0 Å². The van der Waals surface area contributed by atoms with Crippen molar-refractivity contribution in [2.24, 2.45) is 7.05 Å². The maximum Gasteiger partial charge on any atom is 0.317 e. The maximum absolute atomic E-state index is 11.6. The highest BCUT2D eigenvalue weighted by Crippen LogP contribution is 2.28. The molecule has 2 heterocycles. The molecule has 17 heavy (non-hydrogen) atoms. The summed E-state index contributed by atoms with van der Waals surface area (Å²) in [7, 11) is 3.51. The fourth-order valence-electron chi connectivity index (χ4n) is 2.07. The molecule has 0 unspecified atom stereocenters. The van der Waals surface area contributed by atoms with Gasteiger partial charge in [0, 0.05) is 32.4 Å². The highest BCUT2D eigenvalue weighted by Gasteiger charge is 2.36. The Balaban J connectivity index is 2.17. The number of urea groups is 1. The van der Waals surface area contributed by atoms with Gasteiger partial charge in [-0.05, 0) is 6.92 Å². The van der Waals surface area contributed by atoms with Crippen LogP contribution in [-0.4, -0.2) is 47.5 Å². The Morgan fingerprint density at radius 2 is 2.41 bits per heavy atom. The molecule has 2 rings (SSSR count). The summed E-state index contributed by atoms with van der Waals surface area (Å²) in [5.41, 5.74) is 0.521. The van der Waals surface area contributed by atoms with Crippen LogP contribution in [0.3, 0.4) is 0 Å². The molecule has 1 saturated heterocycles. The lowest BCUT2D eigenvalue weighted by Gasteiger charge is -2.39. The minimum atomic E-state index is -0.473. The quantitative estimate of drug-likeness (QED) is 0.766. The first-order chi connectivity index (χ1) is 8.05. The average Bonchev–Trinajstić information content (AvgIpc) is 2.76. The predicted molar refractivity (Wildman–Crippen MR) is 62.5 cm³/mol. The SMILES string of the molecule is CNC(=O)N1CCO[C@](C)(c2cnn(C)c2)C1. The molecule has 1 aromatic heterocycles. The second-order valence-corrected chi connectivity index (χ2v) is 4.46. The Morgan fingerprint density at radius 3 is 3.00 bits per heavy atom. The second kappa shape index (κ2) is 4.37. The van der Waals surface area contributed by atoms with Gasteiger partial charge in [0.15, 0.2) is 0 Å². The molecule has 0 bridgehead atoms. The highest BCUT2D eigenvalue weighted by atomic mass is 16.5. The molecule has 1 atom stereocenters. The number of nitrogens with one attached hydrogen (secondary N) is 1. The molecular formula is C11H18N4O2. The van der Waals surface area contributed by atoms with Crippen LogP contribution in [0.25, 0.3) is 0 Å². The van der Waals surface area contributed by atoms with Crippen LogP contribution in [0, 0.1) is 0 Å². The third-order valence-corrected chi connectivity index (χ3v) is 3.09. The van der Waals surface area contributed by atoms with Crippen molar-refractivity contribution >= 4 is 6.03 Å². The Bertz CT molecular complexity index is 417. The zero-order chi connectivity index (χ0) is 12.5. The Labute approximate surface area is 101 Å². The molecule has 0 spiro atoms. The number of hydrogen-bond acceptors (Lipinski definition) is 3. The second-order valence-electron chi connectivity index (χ2n) is 4.46. The summed E-state index contributed by atoms with van der Waals surface area (Å²) < 4.78 is 7.55. The Kier molecular flexibility index (Phi) is 3.06. The van der Waals surface area contributed by atoms with Gasteiger partial charge < -0.3 is 15.0 Å². The molecule has 1 aliphatic heterocycles. The van der Waals surface area contributed by atoms with E-state index in [9.17, 15) is 4.79 Å². The standard InChI is InChI=1S/C11H18N4O2/c1-11(9-6-13-14(3)7-9)8-15(4-5-17-11)10(16)12-2/h6-7H,4-5,8H2,1-3H3,(H,12,16)/t11-/m0/s1. The van der Waals surface area contributed by atoms with Gasteiger partial charge in [-0.25, -0.2) is 4.79 Å². The van der Waals surface area contributed by atoms with E-state index in [-0.39, 0.29) is 6.03 Å². The van der Waals surface area contributed by atoms with Crippen LogP contribution in [0.1, 0.15) is 12.5 Å². The summed E-state index contributed by atoms with van der Waals surface area (Å²) in [4.78, 5) is 13.4. The summed E-state index contributed by atoms with van der Waals surface area (Å²) in [6, 6.07) is -0.0663. The van der Waals surface area contributed by atoms with Crippen molar-refractivity contribution in [2.45, 2.75) is 12.5 Å². The first kappa shape index (κ1) is 11.9. The summed E-state index contributed by atoms with van der Waals surface area (Å²) in [6.07, 6.45) is 3.71. The number of carbonyl (C=O) groups excluding carboxylic acids is 1. The minimum Gasteiger partial charge on any atom is -0.367 e. The fraction of sp³-hybridized carbons (Fsp3) is 0.636. The number of nitrogens with zero attached hydrogens (tertiary/aromatic N) is 3. The third-order valence-electron chi connectivity index (χ3n) is 3.09. The molecule has 0 aliphatic carbocycles. The molecule has 1 fully saturated rings. The molecule has 0 radical (unpaired) electrons. The van der Waals surface area contributed by atoms with E-state index in [1.165, 1.54) is 0 Å². The summed E-state index contributed by atoms with van der Waals surface area (Å²) >= 11 is 0. The van der Waals surface area contributed by atoms with E-state index in [1.54, 1.807) is 22.8 Å². The number of morpholine rings is 1. The number of carbonyl (C=O) groups is 1. The molecule has 1 aliphatic rings. The summed E-state index contributed by atoms with van der Waals surface area (Å²) in [5, 5.41) is 6.78. The average molecular weight is 238 g/mol. The number of hydrogen-bond donors (Lipinski definition) is 1. The van der Waals surface area contributed by atoms with Crippen molar-refractivity contribution in [2.75, 3.05) is 26.7 Å². The number of rotatable bonds is 1. The molecule has 0 aromatic carbocycles. The van der Waals surface area contributed by atoms with Gasteiger partial charge in [0.05, 0.1) is 19.3 Å². The van der Waals surface area contributed by atoms with Gasteiger partial charge >= 0.3 is 6.03 Å². The lowest BCUT2D eigenvalue weighted by atomic mass is 9.97. The van der Waals surface area contributed by atoms with Crippen LogP contribution in [0.5, 0.6) is 0 Å². The minimum absolute atomic E-state index is 0.0663. The molecule has 94 valence electrons. The summed E-state index contributed by atoms with van der Waals surface area (Å²) in [5.74, 6) is 0. The number of ether oxygens (including phenoxy) is 1. The number of amides is 2. The van der Waals surface area contributed by atoms with Gasteiger partial charge in [-0.15, -0.1) is 0 Å². The molecular weight excluding hydrogens is 220 g/mol. The van der Waals surface area contributed by atoms with E-state index in [4.69, 9.17) is 4.74 Å². The largest absolute Gasteiger partial charge is 0.367 e. The topological polar surface area (TPSA) is 59.4 Å². The summed E-state index contributed by atoms with van der Waals surface area (Å²) in [6.45, 7) is 3.69. The molecule has 1 N–H and O–H groups in total. The van der Waals surface area contributed by atoms with Crippen LogP contribution >= 0.6 is 0 Å². The molecule has 6 nitrogen and oxygen atoms in total. The van der Waals surface area contributed by atoms with Gasteiger partial charge in [0.2, 0.25) is 0 Å². The van der Waals surface area contributed by atoms with E-state index in [0.29, 0.717) is 19.7 Å². The monoisotopic (exact) mass is 238 g/mol. The highest BCUT2D eigenvalue weighted by molar-refractivity contribution is 5.74. The van der Waals surface area contributed by atoms with E-state index in [2.05, 4.69) is 10.4 Å². The van der Waals surface area contributed by atoms with Crippen molar-refractivity contribution in [3.8, 4) is 0 Å². The van der Waals surface area contributed by atoms with E-state index >= 15 is 0 Å². The number of aromatic nitrogens is 2. The van der Waals surface area contributed by atoms with E-state index in [0.717, 1.165) is 5.56 Å². The van der Waals surface area contributed by atoms with Crippen molar-refractivity contribution < 1.29 is 9.53 Å². The van der Waals surface area contributed by atoms with E-state index < -0.39 is 5.60 Å². The lowest BCUT2D eigenvalue weighted by molar-refractivity contribution is -0.0905. The van der Waals surface area contributed by atoms with Crippen LogP contribution < -0.4 is 5.32 Å². The first-order valence-electron chi connectivity index (χ1n) is 5.65. The van der Waals surface area contributed by atoms with Gasteiger partial charge in [-0.2, -0.15) is 5.10 Å². The van der Waals surface area contributed by atoms with Crippen molar-refractivity contribution in [1.29, 1.82) is 0 Å². The van der Waals surface area contributed by atoms with Gasteiger partial charge in [-0.3, -0.25) is 4.68 Å². The molecule has 6 heteroatoms. The zero-order valence-corrected chi connectivity index (χ0v) is 10.4. The zero-order valence-electron chi connectivity index (χ0n) is 10.4. The Hall–Kier alpha value is -1.56. The van der Waals surface area contributed by atoms with Crippen LogP contribution in [0.15, 0.2) is 12.4 Å². The van der Waals surface area contributed by atoms with E-state index in [1.807, 2.05) is 20.2 Å². The fourth-order valence-corrected chi connectivity index (χ4v) is 2.07. The number of aryl methyl sites for hydroxylation is 1. The molecule has 0 saturated carbocycles. The van der Waals surface area contributed by atoms with Gasteiger partial charge in [0.25, 0.3) is 0 Å². The molecule has 2 amide bonds. The lowest BCUT2D eigenvalue weighted by Crippen LogP contribution is -2.52. The predicted octanol–water partition coefficient (Wildman–Crippen LogP) is 0.307. The van der Waals surface area contributed by atoms with Crippen molar-refractivity contribution in [3.63, 3.8) is 0 Å².